The van der Waals surface area contributed by atoms with Gasteiger partial charge in [-0.05, 0) is 19.8 Å². The maximum atomic E-state index is 9.59. The number of alkyl halides is 1. The highest BCUT2D eigenvalue weighted by Crippen LogP contribution is 2.51. The Morgan fingerprint density at radius 1 is 1.62 bits per heavy atom. The number of aromatic nitrogens is 3. The Bertz CT molecular complexity index is 282. The molecule has 1 aliphatic carbocycles. The van der Waals surface area contributed by atoms with Crippen molar-refractivity contribution in [2.45, 2.75) is 36.8 Å². The molecule has 1 saturated carbocycles. The Morgan fingerprint density at radius 3 is 2.69 bits per heavy atom. The Morgan fingerprint density at radius 2 is 2.31 bits per heavy atom. The second-order valence-electron chi connectivity index (χ2n) is 3.60. The second kappa shape index (κ2) is 2.96. The summed E-state index contributed by atoms with van der Waals surface area (Å²) in [6, 6.07) is -0.156. The van der Waals surface area contributed by atoms with E-state index in [-0.39, 0.29) is 10.9 Å². The third-order valence-electron chi connectivity index (χ3n) is 2.44. The van der Waals surface area contributed by atoms with Crippen LogP contribution in [-0.2, 0) is 0 Å². The zero-order chi connectivity index (χ0) is 9.47. The van der Waals surface area contributed by atoms with Crippen LogP contribution >= 0.6 is 11.6 Å². The largest absolute Gasteiger partial charge is 0.391 e. The predicted molar refractivity (Wildman–Crippen MR) is 48.6 cm³/mol. The van der Waals surface area contributed by atoms with Crippen LogP contribution in [0, 0.1) is 0 Å². The van der Waals surface area contributed by atoms with Crippen molar-refractivity contribution in [1.82, 2.24) is 14.8 Å². The Balaban J connectivity index is 2.25. The summed E-state index contributed by atoms with van der Waals surface area (Å²) < 4.78 is 1.64. The summed E-state index contributed by atoms with van der Waals surface area (Å²) in [7, 11) is 0. The molecular formula is C8H12ClN3O. The van der Waals surface area contributed by atoms with Gasteiger partial charge >= 0.3 is 0 Å². The monoisotopic (exact) mass is 201 g/mol. The third-order valence-corrected chi connectivity index (χ3v) is 3.04. The van der Waals surface area contributed by atoms with Gasteiger partial charge in [-0.3, -0.25) is 0 Å². The van der Waals surface area contributed by atoms with E-state index in [1.807, 2.05) is 0 Å². The van der Waals surface area contributed by atoms with E-state index >= 15 is 0 Å². The van der Waals surface area contributed by atoms with Crippen LogP contribution in [0.4, 0.5) is 0 Å². The molecule has 2 atom stereocenters. The van der Waals surface area contributed by atoms with Gasteiger partial charge in [0.05, 0.1) is 17.0 Å². The molecule has 13 heavy (non-hydrogen) atoms. The van der Waals surface area contributed by atoms with E-state index in [2.05, 4.69) is 10.1 Å². The van der Waals surface area contributed by atoms with Crippen LogP contribution in [0.15, 0.2) is 12.7 Å². The smallest absolute Gasteiger partial charge is 0.137 e. The van der Waals surface area contributed by atoms with Crippen molar-refractivity contribution in [2.75, 3.05) is 0 Å². The molecule has 0 aliphatic heterocycles. The first kappa shape index (κ1) is 8.97. The molecule has 5 heteroatoms. The first-order valence-electron chi connectivity index (χ1n) is 4.34. The SMILES string of the molecule is CC(O)C(n1cncn1)C1(Cl)CC1. The summed E-state index contributed by atoms with van der Waals surface area (Å²) in [4.78, 5) is 3.55. The number of aliphatic hydroxyl groups excluding tert-OH is 1. The normalized spacial score (nSPS) is 23.9. The molecule has 4 nitrogen and oxygen atoms in total. The topological polar surface area (TPSA) is 50.9 Å². The lowest BCUT2D eigenvalue weighted by molar-refractivity contribution is 0.116. The minimum Gasteiger partial charge on any atom is -0.391 e. The molecule has 0 spiro atoms. The van der Waals surface area contributed by atoms with Gasteiger partial charge in [-0.15, -0.1) is 11.6 Å². The van der Waals surface area contributed by atoms with Crippen molar-refractivity contribution < 1.29 is 5.11 Å². The van der Waals surface area contributed by atoms with E-state index in [0.29, 0.717) is 0 Å². The van der Waals surface area contributed by atoms with Crippen LogP contribution in [0.25, 0.3) is 0 Å². The Hall–Kier alpha value is -0.610. The van der Waals surface area contributed by atoms with Crippen LogP contribution in [0.3, 0.4) is 0 Å². The number of hydrogen-bond acceptors (Lipinski definition) is 3. The fourth-order valence-electron chi connectivity index (χ4n) is 1.67. The van der Waals surface area contributed by atoms with E-state index in [4.69, 9.17) is 11.6 Å². The summed E-state index contributed by atoms with van der Waals surface area (Å²) in [5, 5.41) is 13.6. The lowest BCUT2D eigenvalue weighted by Crippen LogP contribution is -2.31. The number of rotatable bonds is 3. The van der Waals surface area contributed by atoms with Gasteiger partial charge in [-0.25, -0.2) is 9.67 Å². The molecule has 1 heterocycles. The second-order valence-corrected chi connectivity index (χ2v) is 4.35. The standard InChI is InChI=1S/C8H12ClN3O/c1-6(13)7(8(9)2-3-8)12-5-10-4-11-12/h4-7,13H,2-3H2,1H3. The van der Waals surface area contributed by atoms with E-state index in [1.54, 1.807) is 17.9 Å². The minimum absolute atomic E-state index is 0.156. The van der Waals surface area contributed by atoms with Crippen LogP contribution in [0.5, 0.6) is 0 Å². The van der Waals surface area contributed by atoms with E-state index < -0.39 is 6.10 Å². The number of aliphatic hydroxyl groups is 1. The predicted octanol–water partition coefficient (Wildman–Crippen LogP) is 0.971. The molecule has 2 rings (SSSR count). The van der Waals surface area contributed by atoms with Gasteiger partial charge in [0.15, 0.2) is 0 Å². The molecule has 1 fully saturated rings. The van der Waals surface area contributed by atoms with Gasteiger partial charge in [-0.2, -0.15) is 5.10 Å². The molecule has 0 amide bonds. The fourth-order valence-corrected chi connectivity index (χ4v) is 2.04. The Kier molecular flexibility index (Phi) is 2.04. The van der Waals surface area contributed by atoms with Crippen LogP contribution in [0.1, 0.15) is 25.8 Å². The van der Waals surface area contributed by atoms with Crippen molar-refractivity contribution in [3.8, 4) is 0 Å². The molecule has 1 aromatic heterocycles. The summed E-state index contributed by atoms with van der Waals surface area (Å²) in [5.41, 5.74) is 0. The van der Waals surface area contributed by atoms with Crippen molar-refractivity contribution in [1.29, 1.82) is 0 Å². The number of hydrogen-bond donors (Lipinski definition) is 1. The molecule has 2 unspecified atom stereocenters. The summed E-state index contributed by atoms with van der Waals surface area (Å²) >= 11 is 6.25. The van der Waals surface area contributed by atoms with Gasteiger partial charge in [0.2, 0.25) is 0 Å². The summed E-state index contributed by atoms with van der Waals surface area (Å²) in [5.74, 6) is 0. The van der Waals surface area contributed by atoms with Gasteiger partial charge in [0.25, 0.3) is 0 Å². The summed E-state index contributed by atoms with van der Waals surface area (Å²) in [6.45, 7) is 1.73. The highest BCUT2D eigenvalue weighted by molar-refractivity contribution is 6.26. The molecule has 72 valence electrons. The maximum Gasteiger partial charge on any atom is 0.137 e. The first-order valence-corrected chi connectivity index (χ1v) is 4.72. The van der Waals surface area contributed by atoms with E-state index in [0.717, 1.165) is 12.8 Å². The zero-order valence-electron chi connectivity index (χ0n) is 7.39. The zero-order valence-corrected chi connectivity index (χ0v) is 8.15. The lowest BCUT2D eigenvalue weighted by atomic mass is 10.1. The molecule has 0 bridgehead atoms. The van der Waals surface area contributed by atoms with Gasteiger partial charge in [-0.1, -0.05) is 0 Å². The molecule has 1 aromatic rings. The molecule has 0 radical (unpaired) electrons. The van der Waals surface area contributed by atoms with Crippen LogP contribution in [-0.4, -0.2) is 30.8 Å². The Labute approximate surface area is 81.5 Å². The quantitative estimate of drug-likeness (QED) is 0.742. The lowest BCUT2D eigenvalue weighted by Gasteiger charge is -2.24. The third kappa shape index (κ3) is 1.56. The average Bonchev–Trinajstić information content (AvgIpc) is 2.62. The molecule has 1 N–H and O–H groups in total. The van der Waals surface area contributed by atoms with Gasteiger partial charge < -0.3 is 5.11 Å². The highest BCUT2D eigenvalue weighted by atomic mass is 35.5. The first-order chi connectivity index (χ1) is 6.13. The number of nitrogens with zero attached hydrogens (tertiary/aromatic N) is 3. The number of halogens is 1. The summed E-state index contributed by atoms with van der Waals surface area (Å²) in [6.07, 6.45) is 4.42. The van der Waals surface area contributed by atoms with Crippen LogP contribution in [0.2, 0.25) is 0 Å². The molecule has 0 aromatic carbocycles. The molecular weight excluding hydrogens is 190 g/mol. The highest BCUT2D eigenvalue weighted by Gasteiger charge is 2.51. The van der Waals surface area contributed by atoms with Gasteiger partial charge in [0.1, 0.15) is 12.7 Å². The van der Waals surface area contributed by atoms with Crippen molar-refractivity contribution in [2.24, 2.45) is 0 Å². The van der Waals surface area contributed by atoms with Crippen molar-refractivity contribution in [3.63, 3.8) is 0 Å². The van der Waals surface area contributed by atoms with Crippen molar-refractivity contribution >= 4 is 11.6 Å². The molecule has 1 aliphatic rings. The van der Waals surface area contributed by atoms with Crippen molar-refractivity contribution in [3.05, 3.63) is 12.7 Å². The minimum atomic E-state index is -0.498. The van der Waals surface area contributed by atoms with E-state index in [9.17, 15) is 5.11 Å². The maximum absolute atomic E-state index is 9.59. The fraction of sp³-hybridized carbons (Fsp3) is 0.750. The molecule has 0 saturated heterocycles. The van der Waals surface area contributed by atoms with Gasteiger partial charge in [0, 0.05) is 0 Å². The van der Waals surface area contributed by atoms with Crippen LogP contribution < -0.4 is 0 Å². The average molecular weight is 202 g/mol. The van der Waals surface area contributed by atoms with E-state index in [1.165, 1.54) is 6.33 Å².